The van der Waals surface area contributed by atoms with Crippen molar-refractivity contribution >= 4 is 5.78 Å². The molecule has 2 saturated carbocycles. The molecule has 4 rings (SSSR count). The van der Waals surface area contributed by atoms with Crippen molar-refractivity contribution in [1.29, 1.82) is 0 Å². The summed E-state index contributed by atoms with van der Waals surface area (Å²) in [7, 11) is 1.74. The number of benzene rings is 1. The predicted octanol–water partition coefficient (Wildman–Crippen LogP) is 4.51. The van der Waals surface area contributed by atoms with E-state index in [0.29, 0.717) is 17.6 Å². The van der Waals surface area contributed by atoms with Crippen molar-refractivity contribution in [2.45, 2.75) is 57.8 Å². The van der Waals surface area contributed by atoms with Crippen LogP contribution in [0.3, 0.4) is 0 Å². The number of hydrogen-bond donors (Lipinski definition) is 0. The molecule has 22 heavy (non-hydrogen) atoms. The number of aryl methyl sites for hydroxylation is 1. The third-order valence-corrected chi connectivity index (χ3v) is 7.01. The van der Waals surface area contributed by atoms with E-state index >= 15 is 0 Å². The molecule has 0 heterocycles. The lowest BCUT2D eigenvalue weighted by molar-refractivity contribution is -0.131. The highest BCUT2D eigenvalue weighted by molar-refractivity contribution is 5.87. The smallest absolute Gasteiger partial charge is 0.139 e. The number of hydrogen-bond acceptors (Lipinski definition) is 2. The number of Topliss-reactive ketones (excluding diaryl/α,β-unsaturated/α-hetero) is 1. The fraction of sp³-hybridized carbons (Fsp3) is 0.650. The van der Waals surface area contributed by atoms with Crippen LogP contribution in [0.5, 0.6) is 5.75 Å². The number of ether oxygens (including phenoxy) is 1. The fourth-order valence-corrected chi connectivity index (χ4v) is 5.91. The van der Waals surface area contributed by atoms with Gasteiger partial charge in [-0.2, -0.15) is 0 Å². The van der Waals surface area contributed by atoms with Gasteiger partial charge in [-0.15, -0.1) is 0 Å². The predicted molar refractivity (Wildman–Crippen MR) is 87.2 cm³/mol. The molecule has 1 unspecified atom stereocenters. The summed E-state index contributed by atoms with van der Waals surface area (Å²) in [5, 5.41) is 0. The van der Waals surface area contributed by atoms with Crippen LogP contribution in [0.4, 0.5) is 0 Å². The van der Waals surface area contributed by atoms with Crippen LogP contribution in [0.25, 0.3) is 0 Å². The first-order valence-corrected chi connectivity index (χ1v) is 8.89. The van der Waals surface area contributed by atoms with Gasteiger partial charge in [-0.1, -0.05) is 13.0 Å². The van der Waals surface area contributed by atoms with E-state index in [0.717, 1.165) is 43.8 Å². The third-order valence-electron chi connectivity index (χ3n) is 7.01. The molecule has 2 fully saturated rings. The number of methoxy groups -OCH3 is 1. The standard InChI is InChI=1S/C20H26O2/c1-3-20-11-10-16-15-7-5-14(22-2)12-13(15)4-6-17(16)18(20)8-9-19(20)21/h5,7,12,16-18H,3-4,6,8-11H2,1-2H3/t16-,17-,18+,20?/m1/s1. The van der Waals surface area contributed by atoms with Gasteiger partial charge in [-0.05, 0) is 79.5 Å². The fourth-order valence-electron chi connectivity index (χ4n) is 5.91. The van der Waals surface area contributed by atoms with Crippen LogP contribution in [0.15, 0.2) is 18.2 Å². The number of fused-ring (bicyclic) bond motifs is 5. The van der Waals surface area contributed by atoms with Crippen molar-refractivity contribution in [2.24, 2.45) is 17.3 Å². The molecule has 0 N–H and O–H groups in total. The van der Waals surface area contributed by atoms with Gasteiger partial charge in [0.05, 0.1) is 7.11 Å². The number of rotatable bonds is 2. The second-order valence-corrected chi connectivity index (χ2v) is 7.49. The summed E-state index contributed by atoms with van der Waals surface area (Å²) in [6.07, 6.45) is 7.73. The second-order valence-electron chi connectivity index (χ2n) is 7.49. The van der Waals surface area contributed by atoms with Gasteiger partial charge in [-0.3, -0.25) is 4.79 Å². The zero-order chi connectivity index (χ0) is 15.3. The maximum absolute atomic E-state index is 12.5. The van der Waals surface area contributed by atoms with Crippen molar-refractivity contribution in [3.63, 3.8) is 0 Å². The van der Waals surface area contributed by atoms with E-state index in [-0.39, 0.29) is 5.41 Å². The third kappa shape index (κ3) is 1.82. The molecule has 0 aliphatic heterocycles. The van der Waals surface area contributed by atoms with Gasteiger partial charge in [0.15, 0.2) is 0 Å². The Hall–Kier alpha value is -1.31. The van der Waals surface area contributed by atoms with Crippen LogP contribution in [0.1, 0.15) is 62.5 Å². The summed E-state index contributed by atoms with van der Waals surface area (Å²) in [5.41, 5.74) is 3.06. The van der Waals surface area contributed by atoms with E-state index in [1.54, 1.807) is 12.7 Å². The minimum absolute atomic E-state index is 0.0329. The molecule has 3 aliphatic carbocycles. The van der Waals surface area contributed by atoms with Crippen molar-refractivity contribution < 1.29 is 9.53 Å². The van der Waals surface area contributed by atoms with Crippen LogP contribution in [-0.2, 0) is 11.2 Å². The normalized spacial score (nSPS) is 36.5. The Kier molecular flexibility index (Phi) is 3.32. The van der Waals surface area contributed by atoms with Crippen molar-refractivity contribution in [2.75, 3.05) is 7.11 Å². The van der Waals surface area contributed by atoms with Crippen molar-refractivity contribution in [3.8, 4) is 5.75 Å². The molecule has 0 amide bonds. The van der Waals surface area contributed by atoms with Gasteiger partial charge in [-0.25, -0.2) is 0 Å². The van der Waals surface area contributed by atoms with Gasteiger partial charge in [0.2, 0.25) is 0 Å². The average molecular weight is 298 g/mol. The van der Waals surface area contributed by atoms with E-state index < -0.39 is 0 Å². The Bertz CT molecular complexity index is 606. The molecule has 2 nitrogen and oxygen atoms in total. The summed E-state index contributed by atoms with van der Waals surface area (Å²) in [6.45, 7) is 2.23. The maximum atomic E-state index is 12.5. The van der Waals surface area contributed by atoms with E-state index in [4.69, 9.17) is 4.74 Å². The Balaban J connectivity index is 1.70. The Morgan fingerprint density at radius 3 is 2.86 bits per heavy atom. The molecular formula is C20H26O2. The Morgan fingerprint density at radius 2 is 2.09 bits per heavy atom. The lowest BCUT2D eigenvalue weighted by Gasteiger charge is -2.49. The first-order valence-electron chi connectivity index (χ1n) is 8.89. The van der Waals surface area contributed by atoms with Gasteiger partial charge in [0.1, 0.15) is 11.5 Å². The molecule has 2 heteroatoms. The number of ketones is 1. The SMILES string of the molecule is CCC12CC[C@@H]3c4ccc(OC)cc4CC[C@H]3[C@@H]1CCC2=O. The molecule has 4 atom stereocenters. The minimum atomic E-state index is 0.0329. The second kappa shape index (κ2) is 5.11. The van der Waals surface area contributed by atoms with Gasteiger partial charge in [0.25, 0.3) is 0 Å². The van der Waals surface area contributed by atoms with Crippen LogP contribution >= 0.6 is 0 Å². The van der Waals surface area contributed by atoms with E-state index in [1.807, 2.05) is 0 Å². The summed E-state index contributed by atoms with van der Waals surface area (Å²) in [6, 6.07) is 6.64. The molecule has 118 valence electrons. The maximum Gasteiger partial charge on any atom is 0.139 e. The molecular weight excluding hydrogens is 272 g/mol. The van der Waals surface area contributed by atoms with Gasteiger partial charge < -0.3 is 4.74 Å². The van der Waals surface area contributed by atoms with E-state index in [2.05, 4.69) is 25.1 Å². The number of carbonyl (C=O) groups excluding carboxylic acids is 1. The van der Waals surface area contributed by atoms with E-state index in [1.165, 1.54) is 18.4 Å². The molecule has 0 spiro atoms. The number of carbonyl (C=O) groups is 1. The van der Waals surface area contributed by atoms with Crippen molar-refractivity contribution in [1.82, 2.24) is 0 Å². The highest BCUT2D eigenvalue weighted by atomic mass is 16.5. The molecule has 0 saturated heterocycles. The zero-order valence-corrected chi connectivity index (χ0v) is 13.7. The lowest BCUT2D eigenvalue weighted by atomic mass is 9.54. The monoisotopic (exact) mass is 298 g/mol. The molecule has 0 radical (unpaired) electrons. The lowest BCUT2D eigenvalue weighted by Crippen LogP contribution is -2.44. The molecule has 0 bridgehead atoms. The van der Waals surface area contributed by atoms with Gasteiger partial charge in [0, 0.05) is 11.8 Å². The summed E-state index contributed by atoms with van der Waals surface area (Å²) in [4.78, 5) is 12.5. The highest BCUT2D eigenvalue weighted by Gasteiger charge is 2.56. The topological polar surface area (TPSA) is 26.3 Å². The van der Waals surface area contributed by atoms with Crippen LogP contribution in [0.2, 0.25) is 0 Å². The molecule has 1 aromatic carbocycles. The quantitative estimate of drug-likeness (QED) is 0.803. The summed E-state index contributed by atoms with van der Waals surface area (Å²) >= 11 is 0. The summed E-state index contributed by atoms with van der Waals surface area (Å²) in [5.74, 6) is 3.58. The minimum Gasteiger partial charge on any atom is -0.497 e. The van der Waals surface area contributed by atoms with Crippen LogP contribution in [0, 0.1) is 17.3 Å². The Morgan fingerprint density at radius 1 is 1.23 bits per heavy atom. The van der Waals surface area contributed by atoms with E-state index in [9.17, 15) is 4.79 Å². The molecule has 0 aromatic heterocycles. The first kappa shape index (κ1) is 14.3. The zero-order valence-electron chi connectivity index (χ0n) is 13.7. The van der Waals surface area contributed by atoms with Gasteiger partial charge >= 0.3 is 0 Å². The van der Waals surface area contributed by atoms with Crippen LogP contribution < -0.4 is 4.74 Å². The first-order chi connectivity index (χ1) is 10.7. The molecule has 1 aromatic rings. The van der Waals surface area contributed by atoms with Crippen LogP contribution in [-0.4, -0.2) is 12.9 Å². The average Bonchev–Trinajstić information content (AvgIpc) is 2.91. The Labute approximate surface area is 133 Å². The largest absolute Gasteiger partial charge is 0.497 e. The highest BCUT2D eigenvalue weighted by Crippen LogP contribution is 2.61. The molecule has 3 aliphatic rings. The summed E-state index contributed by atoms with van der Waals surface area (Å²) < 4.78 is 5.39. The van der Waals surface area contributed by atoms with Crippen molar-refractivity contribution in [3.05, 3.63) is 29.3 Å².